The van der Waals surface area contributed by atoms with Gasteiger partial charge in [-0.3, -0.25) is 38.9 Å². The van der Waals surface area contributed by atoms with E-state index in [0.29, 0.717) is 98.8 Å². The number of methoxy groups -OCH3 is 1. The van der Waals surface area contributed by atoms with Gasteiger partial charge in [-0.05, 0) is 43.4 Å². The zero-order valence-corrected chi connectivity index (χ0v) is 52.0. The smallest absolute Gasteiger partial charge is 0.271 e. The highest BCUT2D eigenvalue weighted by Gasteiger charge is 2.41. The fourth-order valence-corrected chi connectivity index (χ4v) is 15.6. The predicted molar refractivity (Wildman–Crippen MR) is 326 cm³/mol. The summed E-state index contributed by atoms with van der Waals surface area (Å²) in [5, 5.41) is 38.7. The number of nitrogens with two attached hydrogens (primary N) is 1. The Morgan fingerprint density at radius 2 is 1.51 bits per heavy atom. The van der Waals surface area contributed by atoms with E-state index >= 15 is 0 Å². The van der Waals surface area contributed by atoms with Crippen molar-refractivity contribution in [1.29, 1.82) is 0 Å². The van der Waals surface area contributed by atoms with Crippen LogP contribution < -0.4 is 37.6 Å². The van der Waals surface area contributed by atoms with Gasteiger partial charge in [0.05, 0.1) is 54.5 Å². The molecule has 9 N–H and O–H groups in total. The van der Waals surface area contributed by atoms with Crippen LogP contribution in [0.5, 0.6) is 0 Å². The summed E-state index contributed by atoms with van der Waals surface area (Å²) in [4.78, 5) is 132. The van der Waals surface area contributed by atoms with Crippen LogP contribution in [-0.4, -0.2) is 132 Å². The molecule has 0 spiro atoms. The van der Waals surface area contributed by atoms with Gasteiger partial charge in [0.1, 0.15) is 88.4 Å². The van der Waals surface area contributed by atoms with Crippen LogP contribution in [0.2, 0.25) is 0 Å². The lowest BCUT2D eigenvalue weighted by Crippen LogP contribution is -2.50. The number of aliphatic hydroxyl groups is 1. The molecule has 3 aliphatic heterocycles. The van der Waals surface area contributed by atoms with Crippen LogP contribution >= 0.6 is 68.0 Å². The number of hydrogen-bond acceptors (Lipinski definition) is 24. The Labute approximate surface area is 521 Å². The number of carbonyl (C=O) groups is 7. The molecule has 7 amide bonds. The fourth-order valence-electron chi connectivity index (χ4n) is 10.0. The number of nitrogens with one attached hydrogen (secondary N) is 6. The maximum atomic E-state index is 14.4. The molecule has 1 aromatic carbocycles. The summed E-state index contributed by atoms with van der Waals surface area (Å²) < 4.78 is 11.5. The van der Waals surface area contributed by atoms with E-state index in [-0.39, 0.29) is 48.5 Å². The molecular weight excluding hydrogens is 1240 g/mol. The quantitative estimate of drug-likeness (QED) is 0.0761. The number of hydrogen-bond donors (Lipinski definition) is 8. The highest BCUT2D eigenvalue weighted by Crippen LogP contribution is 2.40. The standard InChI is InChI=1S/C56H57N15O10S6/c1-24(2)39-55-70-42(36(87-55)19-80-5)47(77)59-17-38(73)67-43(44(74)26-10-7-6-8-11-26)54-66-34(23-85-54)52-63-31(20-83-52)41-27(50-64-32(21-82-50)46(76)61-29(16-37(72)58-4)53-69-40(25(3)86-53)48(78)68-39)13-14-28(60-41)51-65-33(22-84-51)49-62-30(18-81-49)56(79)71-15-9-12-35(71)45(57)75/h6-8,10-11,13-14,20-24,29-30,35,39,43-44,49,62,74H,9,12,15-19H2,1-5H3,(H2,57,75)(H,58,72)(H,59,77)(H,61,76)(H,67,73)(H,68,78)/t29-,30-,35-,39-,43-,44+,49?/m0/s1. The van der Waals surface area contributed by atoms with Gasteiger partial charge in [-0.25, -0.2) is 34.9 Å². The van der Waals surface area contributed by atoms with E-state index in [1.165, 1.54) is 75.7 Å². The molecule has 0 saturated carbocycles. The van der Waals surface area contributed by atoms with Gasteiger partial charge in [0.25, 0.3) is 17.7 Å². The molecular formula is C56H57N15O10S6. The third-order valence-electron chi connectivity index (χ3n) is 14.5. The van der Waals surface area contributed by atoms with Gasteiger partial charge in [0.15, 0.2) is 6.23 Å². The zero-order chi connectivity index (χ0) is 61.2. The number of aryl methyl sites for hydroxylation is 1. The molecule has 0 radical (unpaired) electrons. The Hall–Kier alpha value is -7.72. The largest absolute Gasteiger partial charge is 0.386 e. The summed E-state index contributed by atoms with van der Waals surface area (Å²) in [6, 6.07) is 8.16. The highest BCUT2D eigenvalue weighted by molar-refractivity contribution is 7.15. The minimum absolute atomic E-state index is 0.000488. The molecule has 25 nitrogen and oxygen atoms in total. The first-order chi connectivity index (χ1) is 41.9. The lowest BCUT2D eigenvalue weighted by molar-refractivity contribution is -0.138. The van der Waals surface area contributed by atoms with Crippen molar-refractivity contribution in [2.24, 2.45) is 11.7 Å². The molecule has 2 saturated heterocycles. The van der Waals surface area contributed by atoms with Gasteiger partial charge in [-0.1, -0.05) is 44.2 Å². The number of likely N-dealkylation sites (tertiary alicyclic amines) is 1. The van der Waals surface area contributed by atoms with Gasteiger partial charge in [-0.15, -0.1) is 68.0 Å². The molecule has 1 unspecified atom stereocenters. The number of carbonyl (C=O) groups excluding carboxylic acids is 7. The zero-order valence-electron chi connectivity index (χ0n) is 47.1. The van der Waals surface area contributed by atoms with Gasteiger partial charge in [0.2, 0.25) is 23.6 Å². The lowest BCUT2D eigenvalue weighted by Gasteiger charge is -2.24. The molecule has 10 bridgehead atoms. The fraction of sp³-hybridized carbons (Fsp3) is 0.357. The minimum atomic E-state index is -1.28. The van der Waals surface area contributed by atoms with E-state index in [1.807, 2.05) is 13.8 Å². The number of nitrogens with zero attached hydrogens (tertiary/aromatic N) is 8. The Morgan fingerprint density at radius 1 is 0.770 bits per heavy atom. The second-order valence-corrected chi connectivity index (χ2v) is 26.6. The number of pyridine rings is 1. The van der Waals surface area contributed by atoms with E-state index in [0.717, 1.165) is 11.3 Å². The van der Waals surface area contributed by atoms with Crippen molar-refractivity contribution in [2.45, 2.75) is 89.2 Å². The van der Waals surface area contributed by atoms with E-state index < -0.39 is 84.5 Å². The van der Waals surface area contributed by atoms with Crippen LogP contribution in [-0.2, 0) is 35.3 Å². The Balaban J connectivity index is 0.960. The van der Waals surface area contributed by atoms with Crippen LogP contribution in [0.4, 0.5) is 0 Å². The van der Waals surface area contributed by atoms with Crippen molar-refractivity contribution < 1.29 is 48.1 Å². The van der Waals surface area contributed by atoms with Gasteiger partial charge in [0, 0.05) is 52.7 Å². The van der Waals surface area contributed by atoms with Crippen molar-refractivity contribution >= 4 is 109 Å². The molecule has 7 aromatic heterocycles. The third-order valence-corrected chi connectivity index (χ3v) is 20.2. The summed E-state index contributed by atoms with van der Waals surface area (Å²) in [7, 11) is 2.94. The van der Waals surface area contributed by atoms with Crippen LogP contribution in [0.3, 0.4) is 0 Å². The van der Waals surface area contributed by atoms with Crippen LogP contribution in [0.25, 0.3) is 43.4 Å². The number of primary amides is 1. The van der Waals surface area contributed by atoms with E-state index in [2.05, 4.69) is 31.9 Å². The molecule has 87 heavy (non-hydrogen) atoms. The average Bonchev–Trinajstić information content (AvgIpc) is 2.59. The molecule has 7 atom stereocenters. The molecule has 11 rings (SSSR count). The molecule has 2 fully saturated rings. The first kappa shape index (κ1) is 60.9. The minimum Gasteiger partial charge on any atom is -0.386 e. The maximum Gasteiger partial charge on any atom is 0.271 e. The number of ether oxygens (including phenoxy) is 2. The highest BCUT2D eigenvalue weighted by atomic mass is 32.1. The predicted octanol–water partition coefficient (Wildman–Crippen LogP) is 5.78. The second kappa shape index (κ2) is 26.3. The van der Waals surface area contributed by atoms with E-state index in [4.69, 9.17) is 50.1 Å². The molecule has 8 aromatic rings. The lowest BCUT2D eigenvalue weighted by atomic mass is 10.0. The number of fused-ring (bicyclic) bond motifs is 14. The van der Waals surface area contributed by atoms with Gasteiger partial charge >= 0.3 is 0 Å². The number of amides is 7. The van der Waals surface area contributed by atoms with Crippen molar-refractivity contribution in [3.63, 3.8) is 0 Å². The molecule has 10 heterocycles. The van der Waals surface area contributed by atoms with Gasteiger partial charge < -0.3 is 51.8 Å². The molecule has 31 heteroatoms. The number of rotatable bonds is 11. The number of aliphatic hydroxyl groups excluding tert-OH is 1. The molecule has 0 aliphatic carbocycles. The molecule has 452 valence electrons. The van der Waals surface area contributed by atoms with E-state index in [1.54, 1.807) is 70.9 Å². The molecule has 3 aliphatic rings. The first-order valence-electron chi connectivity index (χ1n) is 27.4. The number of aromatic nitrogens is 7. The van der Waals surface area contributed by atoms with Crippen molar-refractivity contribution in [2.75, 3.05) is 33.9 Å². The summed E-state index contributed by atoms with van der Waals surface area (Å²) in [6.07, 6.45) is -1.06. The third kappa shape index (κ3) is 13.1. The summed E-state index contributed by atoms with van der Waals surface area (Å²) in [5.41, 5.74) is 8.89. The maximum absolute atomic E-state index is 14.4. The Kier molecular flexibility index (Phi) is 18.4. The Bertz CT molecular complexity index is 3910. The average molecular weight is 1290 g/mol. The van der Waals surface area contributed by atoms with Crippen molar-refractivity contribution in [3.8, 4) is 43.4 Å². The summed E-state index contributed by atoms with van der Waals surface area (Å²) >= 11 is 7.26. The number of thiazole rings is 6. The van der Waals surface area contributed by atoms with Crippen molar-refractivity contribution in [3.05, 3.63) is 117 Å². The summed E-state index contributed by atoms with van der Waals surface area (Å²) in [6.45, 7) is 5.44. The Morgan fingerprint density at radius 3 is 2.28 bits per heavy atom. The first-order valence-corrected chi connectivity index (χ1v) is 32.5. The normalized spacial score (nSPS) is 20.6. The van der Waals surface area contributed by atoms with Crippen LogP contribution in [0, 0.1) is 12.8 Å². The monoisotopic (exact) mass is 1290 g/mol. The topological polar surface area (TPSA) is 350 Å². The van der Waals surface area contributed by atoms with Crippen LogP contribution in [0.1, 0.15) is 131 Å². The number of benzene rings is 1. The second-order valence-electron chi connectivity index (χ2n) is 20.7. The van der Waals surface area contributed by atoms with Gasteiger partial charge in [-0.2, -0.15) is 0 Å². The SMILES string of the molecule is CNC(=O)C[C@@H]1NC(=O)c2csc(n2)-c2ccc(-c3nc(C4N[C@H](C(=O)N5CCC[C@H]5C(N)=O)CO4)cs3)nc2-c2csc(n2)-c2csc(n2)[C@H]([C@H](O)c2ccccc2)NC(=O)CNC(=O)c2nc(sc2COC)[C@H](C(C)C)NC(=O)c2nc1sc2C. The van der Waals surface area contributed by atoms with Crippen LogP contribution in [0.15, 0.2) is 64.0 Å². The van der Waals surface area contributed by atoms with Crippen molar-refractivity contribution in [1.82, 2.24) is 71.7 Å². The summed E-state index contributed by atoms with van der Waals surface area (Å²) in [5.74, 6) is -3.95. The van der Waals surface area contributed by atoms with E-state index in [9.17, 15) is 38.7 Å².